The summed E-state index contributed by atoms with van der Waals surface area (Å²) in [5.74, 6) is 0.309. The van der Waals surface area contributed by atoms with Crippen molar-refractivity contribution in [2.75, 3.05) is 0 Å². The van der Waals surface area contributed by atoms with Crippen LogP contribution >= 0.6 is 0 Å². The zero-order chi connectivity index (χ0) is 14.9. The molecule has 1 heteroatoms. The van der Waals surface area contributed by atoms with Gasteiger partial charge in [0.25, 0.3) is 0 Å². The maximum absolute atomic E-state index is 13.3. The van der Waals surface area contributed by atoms with Gasteiger partial charge in [-0.1, -0.05) is 66.9 Å². The first-order chi connectivity index (χ1) is 10.1. The summed E-state index contributed by atoms with van der Waals surface area (Å²) < 4.78 is 0. The van der Waals surface area contributed by atoms with Crippen molar-refractivity contribution < 1.29 is 4.79 Å². The number of rotatable bonds is 3. The second-order valence-electron chi connectivity index (χ2n) is 6.30. The van der Waals surface area contributed by atoms with Crippen LogP contribution < -0.4 is 0 Å². The maximum Gasteiger partial charge on any atom is 0.173 e. The van der Waals surface area contributed by atoms with Crippen LogP contribution in [-0.4, -0.2) is 5.78 Å². The van der Waals surface area contributed by atoms with E-state index in [1.165, 1.54) is 11.1 Å². The molecule has 0 N–H and O–H groups in total. The van der Waals surface area contributed by atoms with Crippen LogP contribution in [0.15, 0.2) is 48.5 Å². The molecule has 0 spiro atoms. The molecule has 3 rings (SSSR count). The van der Waals surface area contributed by atoms with E-state index in [9.17, 15) is 4.79 Å². The Kier molecular flexibility index (Phi) is 3.67. The third-order valence-electron chi connectivity index (χ3n) is 4.84. The Balaban J connectivity index is 2.08. The number of ketones is 1. The fourth-order valence-electron chi connectivity index (χ4n) is 3.71. The molecule has 0 unspecified atom stereocenters. The third-order valence-corrected chi connectivity index (χ3v) is 4.84. The SMILES string of the molecule is Cc1ccc(C(=O)C2(c3ccccc3)CCCC2)c(C)c1. The molecule has 1 fully saturated rings. The Morgan fingerprint density at radius 3 is 2.24 bits per heavy atom. The molecule has 2 aromatic rings. The molecule has 0 aromatic heterocycles. The summed E-state index contributed by atoms with van der Waals surface area (Å²) in [5.41, 5.74) is 4.09. The highest BCUT2D eigenvalue weighted by Crippen LogP contribution is 2.43. The van der Waals surface area contributed by atoms with Crippen molar-refractivity contribution in [1.82, 2.24) is 0 Å². The van der Waals surface area contributed by atoms with Crippen molar-refractivity contribution in [3.05, 3.63) is 70.8 Å². The second kappa shape index (κ2) is 5.48. The number of Topliss-reactive ketones (excluding diaryl/α,β-unsaturated/α-hetero) is 1. The van der Waals surface area contributed by atoms with Crippen molar-refractivity contribution in [1.29, 1.82) is 0 Å². The summed E-state index contributed by atoms with van der Waals surface area (Å²) >= 11 is 0. The Morgan fingerprint density at radius 2 is 1.62 bits per heavy atom. The quantitative estimate of drug-likeness (QED) is 0.722. The molecule has 1 nitrogen and oxygen atoms in total. The van der Waals surface area contributed by atoms with Gasteiger partial charge in [0.05, 0.1) is 5.41 Å². The largest absolute Gasteiger partial charge is 0.293 e. The molecular weight excluding hydrogens is 256 g/mol. The molecule has 0 aliphatic heterocycles. The standard InChI is InChI=1S/C20H22O/c1-15-10-11-18(16(2)14-15)19(21)20(12-6-7-13-20)17-8-4-3-5-9-17/h3-5,8-11,14H,6-7,12-13H2,1-2H3. The lowest BCUT2D eigenvalue weighted by molar-refractivity contribution is 0.0885. The van der Waals surface area contributed by atoms with E-state index in [1.807, 2.05) is 37.3 Å². The van der Waals surface area contributed by atoms with Crippen molar-refractivity contribution in [3.63, 3.8) is 0 Å². The summed E-state index contributed by atoms with van der Waals surface area (Å²) in [6.45, 7) is 4.12. The van der Waals surface area contributed by atoms with Crippen LogP contribution in [0.4, 0.5) is 0 Å². The van der Waals surface area contributed by atoms with E-state index in [4.69, 9.17) is 0 Å². The molecule has 108 valence electrons. The molecular formula is C20H22O. The van der Waals surface area contributed by atoms with Crippen molar-refractivity contribution in [2.24, 2.45) is 0 Å². The van der Waals surface area contributed by atoms with Gasteiger partial charge in [0.15, 0.2) is 5.78 Å². The zero-order valence-corrected chi connectivity index (χ0v) is 12.9. The first-order valence-electron chi connectivity index (χ1n) is 7.81. The van der Waals surface area contributed by atoms with Gasteiger partial charge in [-0.3, -0.25) is 4.79 Å². The summed E-state index contributed by atoms with van der Waals surface area (Å²) in [7, 11) is 0. The average Bonchev–Trinajstić information content (AvgIpc) is 2.98. The molecule has 1 aliphatic carbocycles. The summed E-state index contributed by atoms with van der Waals surface area (Å²) in [4.78, 5) is 13.3. The van der Waals surface area contributed by atoms with Crippen LogP contribution in [0.1, 0.15) is 52.7 Å². The number of aryl methyl sites for hydroxylation is 2. The molecule has 0 bridgehead atoms. The predicted octanol–water partition coefficient (Wildman–Crippen LogP) is 5.00. The van der Waals surface area contributed by atoms with E-state index in [0.717, 1.165) is 36.8 Å². The van der Waals surface area contributed by atoms with Crippen molar-refractivity contribution in [3.8, 4) is 0 Å². The van der Waals surface area contributed by atoms with E-state index >= 15 is 0 Å². The average molecular weight is 278 g/mol. The van der Waals surface area contributed by atoms with Gasteiger partial charge in [-0.15, -0.1) is 0 Å². The lowest BCUT2D eigenvalue weighted by Gasteiger charge is -2.29. The summed E-state index contributed by atoms with van der Waals surface area (Å²) in [6, 6.07) is 16.5. The zero-order valence-electron chi connectivity index (χ0n) is 12.9. The monoisotopic (exact) mass is 278 g/mol. The minimum absolute atomic E-state index is 0.304. The van der Waals surface area contributed by atoms with E-state index in [2.05, 4.69) is 25.1 Å². The molecule has 1 aliphatic rings. The number of carbonyl (C=O) groups excluding carboxylic acids is 1. The Morgan fingerprint density at radius 1 is 0.952 bits per heavy atom. The van der Waals surface area contributed by atoms with Gasteiger partial charge < -0.3 is 0 Å². The van der Waals surface area contributed by atoms with Gasteiger partial charge >= 0.3 is 0 Å². The minimum Gasteiger partial charge on any atom is -0.293 e. The van der Waals surface area contributed by atoms with Gasteiger partial charge in [-0.25, -0.2) is 0 Å². The molecule has 0 saturated heterocycles. The number of hydrogen-bond donors (Lipinski definition) is 0. The Bertz CT molecular complexity index is 649. The first-order valence-corrected chi connectivity index (χ1v) is 7.81. The maximum atomic E-state index is 13.3. The third kappa shape index (κ3) is 2.42. The van der Waals surface area contributed by atoms with Crippen LogP contribution in [0, 0.1) is 13.8 Å². The summed E-state index contributed by atoms with van der Waals surface area (Å²) in [5, 5.41) is 0. The van der Waals surface area contributed by atoms with Crippen LogP contribution in [0.5, 0.6) is 0 Å². The lowest BCUT2D eigenvalue weighted by atomic mass is 9.72. The van der Waals surface area contributed by atoms with Gasteiger partial charge in [-0.2, -0.15) is 0 Å². The van der Waals surface area contributed by atoms with Crippen molar-refractivity contribution in [2.45, 2.75) is 44.9 Å². The Hall–Kier alpha value is -1.89. The highest BCUT2D eigenvalue weighted by Gasteiger charge is 2.43. The normalized spacial score (nSPS) is 16.9. The van der Waals surface area contributed by atoms with Crippen LogP contribution in [0.25, 0.3) is 0 Å². The minimum atomic E-state index is -0.304. The number of carbonyl (C=O) groups is 1. The van der Waals surface area contributed by atoms with Crippen LogP contribution in [0.3, 0.4) is 0 Å². The second-order valence-corrected chi connectivity index (χ2v) is 6.30. The molecule has 0 radical (unpaired) electrons. The van der Waals surface area contributed by atoms with E-state index < -0.39 is 0 Å². The molecule has 0 amide bonds. The molecule has 21 heavy (non-hydrogen) atoms. The molecule has 0 atom stereocenters. The first kappa shape index (κ1) is 14.1. The van der Waals surface area contributed by atoms with E-state index in [1.54, 1.807) is 0 Å². The predicted molar refractivity (Wildman–Crippen MR) is 86.8 cm³/mol. The topological polar surface area (TPSA) is 17.1 Å². The summed E-state index contributed by atoms with van der Waals surface area (Å²) in [6.07, 6.45) is 4.24. The Labute approximate surface area is 127 Å². The lowest BCUT2D eigenvalue weighted by Crippen LogP contribution is -2.33. The highest BCUT2D eigenvalue weighted by molar-refractivity contribution is 6.05. The van der Waals surface area contributed by atoms with Gasteiger partial charge in [0.1, 0.15) is 0 Å². The van der Waals surface area contributed by atoms with E-state index in [-0.39, 0.29) is 5.41 Å². The highest BCUT2D eigenvalue weighted by atomic mass is 16.1. The van der Waals surface area contributed by atoms with Crippen molar-refractivity contribution >= 4 is 5.78 Å². The number of hydrogen-bond acceptors (Lipinski definition) is 1. The van der Waals surface area contributed by atoms with E-state index in [0.29, 0.717) is 5.78 Å². The smallest absolute Gasteiger partial charge is 0.173 e. The fourth-order valence-corrected chi connectivity index (χ4v) is 3.71. The fraction of sp³-hybridized carbons (Fsp3) is 0.350. The number of benzene rings is 2. The van der Waals surface area contributed by atoms with Gasteiger partial charge in [0.2, 0.25) is 0 Å². The molecule has 0 heterocycles. The molecule has 2 aromatic carbocycles. The van der Waals surface area contributed by atoms with Crippen LogP contribution in [-0.2, 0) is 5.41 Å². The van der Waals surface area contributed by atoms with Gasteiger partial charge in [0, 0.05) is 5.56 Å². The van der Waals surface area contributed by atoms with Crippen LogP contribution in [0.2, 0.25) is 0 Å². The molecule has 1 saturated carbocycles. The van der Waals surface area contributed by atoms with Gasteiger partial charge in [-0.05, 0) is 37.8 Å².